The summed E-state index contributed by atoms with van der Waals surface area (Å²) in [7, 11) is 0. The van der Waals surface area contributed by atoms with Crippen molar-refractivity contribution in [2.24, 2.45) is 0 Å². The summed E-state index contributed by atoms with van der Waals surface area (Å²) in [4.78, 5) is 15.3. The van der Waals surface area contributed by atoms with Gasteiger partial charge >= 0.3 is 0 Å². The summed E-state index contributed by atoms with van der Waals surface area (Å²) in [5, 5.41) is 8.37. The number of fused-ring (bicyclic) bond motifs is 1. The van der Waals surface area contributed by atoms with Gasteiger partial charge in [0.2, 0.25) is 5.89 Å². The Morgan fingerprint density at radius 2 is 2.18 bits per heavy atom. The second-order valence-corrected chi connectivity index (χ2v) is 5.68. The highest BCUT2D eigenvalue weighted by Gasteiger charge is 2.26. The van der Waals surface area contributed by atoms with E-state index in [9.17, 15) is 0 Å². The molecule has 3 aromatic heterocycles. The van der Waals surface area contributed by atoms with Crippen LogP contribution in [-0.2, 0) is 0 Å². The van der Waals surface area contributed by atoms with E-state index in [0.717, 1.165) is 43.3 Å². The van der Waals surface area contributed by atoms with Crippen molar-refractivity contribution in [1.29, 1.82) is 0 Å². The van der Waals surface area contributed by atoms with Crippen molar-refractivity contribution in [3.05, 3.63) is 29.8 Å². The molecule has 0 radical (unpaired) electrons. The van der Waals surface area contributed by atoms with Crippen LogP contribution in [0.3, 0.4) is 0 Å². The quantitative estimate of drug-likeness (QED) is 0.709. The fraction of sp³-hybridized carbons (Fsp3) is 0.500. The molecule has 8 nitrogen and oxygen atoms in total. The molecule has 1 aliphatic rings. The number of aromatic nitrogens is 6. The van der Waals surface area contributed by atoms with Gasteiger partial charge < -0.3 is 9.42 Å². The third-order valence-electron chi connectivity index (χ3n) is 4.01. The molecule has 1 atom stereocenters. The van der Waals surface area contributed by atoms with Gasteiger partial charge in [-0.3, -0.25) is 0 Å². The van der Waals surface area contributed by atoms with Gasteiger partial charge in [-0.1, -0.05) is 5.16 Å². The van der Waals surface area contributed by atoms with Crippen LogP contribution in [0.4, 0.5) is 5.82 Å². The molecular formula is C14H17N7O. The van der Waals surface area contributed by atoms with Crippen LogP contribution in [0.25, 0.3) is 5.78 Å². The van der Waals surface area contributed by atoms with Crippen molar-refractivity contribution in [2.75, 3.05) is 18.0 Å². The van der Waals surface area contributed by atoms with Gasteiger partial charge in [-0.15, -0.1) is 0 Å². The predicted molar refractivity (Wildman–Crippen MR) is 78.7 cm³/mol. The van der Waals surface area contributed by atoms with Crippen molar-refractivity contribution >= 4 is 11.6 Å². The molecule has 22 heavy (non-hydrogen) atoms. The third kappa shape index (κ3) is 2.20. The standard InChI is InChI=1S/C14H17N7O/c1-9-6-12(21-14(17-9)15-8-16-21)20-5-3-4-11(7-20)13-18-10(2)22-19-13/h6,8,11H,3-5,7H2,1-2H3/t11-/m0/s1. The lowest BCUT2D eigenvalue weighted by Crippen LogP contribution is -2.36. The van der Waals surface area contributed by atoms with Crippen LogP contribution in [0.5, 0.6) is 0 Å². The third-order valence-corrected chi connectivity index (χ3v) is 4.01. The highest BCUT2D eigenvalue weighted by atomic mass is 16.5. The molecule has 8 heteroatoms. The Labute approximate surface area is 127 Å². The minimum atomic E-state index is 0.276. The topological polar surface area (TPSA) is 85.2 Å². The number of hydrogen-bond donors (Lipinski definition) is 0. The average molecular weight is 299 g/mol. The maximum absolute atomic E-state index is 5.12. The lowest BCUT2D eigenvalue weighted by Gasteiger charge is -2.32. The monoisotopic (exact) mass is 299 g/mol. The van der Waals surface area contributed by atoms with Crippen LogP contribution in [-0.4, -0.2) is 42.8 Å². The maximum atomic E-state index is 5.12. The smallest absolute Gasteiger partial charge is 0.254 e. The second-order valence-electron chi connectivity index (χ2n) is 5.68. The second kappa shape index (κ2) is 5.04. The van der Waals surface area contributed by atoms with Gasteiger partial charge in [-0.05, 0) is 19.8 Å². The van der Waals surface area contributed by atoms with E-state index in [1.165, 1.54) is 6.33 Å². The van der Waals surface area contributed by atoms with Crippen LogP contribution in [0.2, 0.25) is 0 Å². The lowest BCUT2D eigenvalue weighted by molar-refractivity contribution is 0.376. The number of hydrogen-bond acceptors (Lipinski definition) is 7. The van der Waals surface area contributed by atoms with E-state index in [1.54, 1.807) is 4.52 Å². The number of nitrogens with zero attached hydrogens (tertiary/aromatic N) is 7. The van der Waals surface area contributed by atoms with Crippen molar-refractivity contribution < 1.29 is 4.52 Å². The molecule has 0 amide bonds. The molecule has 0 N–H and O–H groups in total. The Hall–Kier alpha value is -2.51. The van der Waals surface area contributed by atoms with Gasteiger partial charge in [-0.25, -0.2) is 4.98 Å². The van der Waals surface area contributed by atoms with E-state index in [-0.39, 0.29) is 5.92 Å². The first-order valence-corrected chi connectivity index (χ1v) is 7.43. The first-order chi connectivity index (χ1) is 10.7. The minimum absolute atomic E-state index is 0.276. The molecular weight excluding hydrogens is 282 g/mol. The molecule has 0 aliphatic carbocycles. The summed E-state index contributed by atoms with van der Waals surface area (Å²) >= 11 is 0. The highest BCUT2D eigenvalue weighted by molar-refractivity contribution is 5.47. The Kier molecular flexibility index (Phi) is 3.02. The Balaban J connectivity index is 1.68. The maximum Gasteiger partial charge on any atom is 0.254 e. The Bertz CT molecular complexity index is 808. The molecule has 1 aliphatic heterocycles. The summed E-state index contributed by atoms with van der Waals surface area (Å²) in [5.41, 5.74) is 0.938. The molecule has 0 unspecified atom stereocenters. The number of anilines is 1. The van der Waals surface area contributed by atoms with Gasteiger partial charge in [0.05, 0.1) is 0 Å². The Morgan fingerprint density at radius 3 is 3.00 bits per heavy atom. The van der Waals surface area contributed by atoms with Gasteiger partial charge in [0.1, 0.15) is 12.1 Å². The van der Waals surface area contributed by atoms with Crippen LogP contribution in [0, 0.1) is 13.8 Å². The lowest BCUT2D eigenvalue weighted by atomic mass is 9.97. The first-order valence-electron chi connectivity index (χ1n) is 7.43. The van der Waals surface area contributed by atoms with Crippen molar-refractivity contribution in [3.63, 3.8) is 0 Å². The fourth-order valence-corrected chi connectivity index (χ4v) is 3.01. The highest BCUT2D eigenvalue weighted by Crippen LogP contribution is 2.28. The molecule has 4 heterocycles. The molecule has 4 rings (SSSR count). The van der Waals surface area contributed by atoms with Gasteiger partial charge in [0.15, 0.2) is 5.82 Å². The minimum Gasteiger partial charge on any atom is -0.356 e. The van der Waals surface area contributed by atoms with Gasteiger partial charge in [0, 0.05) is 37.7 Å². The predicted octanol–water partition coefficient (Wildman–Crippen LogP) is 1.51. The summed E-state index contributed by atoms with van der Waals surface area (Å²) < 4.78 is 6.91. The molecule has 0 aromatic carbocycles. The average Bonchev–Trinajstić information content (AvgIpc) is 3.15. The molecule has 0 saturated carbocycles. The van der Waals surface area contributed by atoms with Crippen molar-refractivity contribution in [2.45, 2.75) is 32.6 Å². The largest absolute Gasteiger partial charge is 0.356 e. The van der Waals surface area contributed by atoms with E-state index >= 15 is 0 Å². The number of rotatable bonds is 2. The SMILES string of the molecule is Cc1cc(N2CCC[C@H](c3noc(C)n3)C2)n2ncnc2n1. The van der Waals surface area contributed by atoms with Crippen LogP contribution < -0.4 is 4.90 Å². The van der Waals surface area contributed by atoms with E-state index in [2.05, 4.69) is 30.1 Å². The molecule has 0 spiro atoms. The van der Waals surface area contributed by atoms with Gasteiger partial charge in [0.25, 0.3) is 5.78 Å². The number of aryl methyl sites for hydroxylation is 2. The molecule has 114 valence electrons. The van der Waals surface area contributed by atoms with Crippen LogP contribution in [0.15, 0.2) is 16.9 Å². The van der Waals surface area contributed by atoms with Crippen molar-refractivity contribution in [3.8, 4) is 0 Å². The summed E-state index contributed by atoms with van der Waals surface area (Å²) in [6, 6.07) is 2.05. The molecule has 1 saturated heterocycles. The molecule has 0 bridgehead atoms. The first kappa shape index (κ1) is 13.2. The van der Waals surface area contributed by atoms with E-state index in [1.807, 2.05) is 19.9 Å². The van der Waals surface area contributed by atoms with Gasteiger partial charge in [-0.2, -0.15) is 19.6 Å². The number of piperidine rings is 1. The summed E-state index contributed by atoms with van der Waals surface area (Å²) in [6.07, 6.45) is 3.69. The van der Waals surface area contributed by atoms with E-state index < -0.39 is 0 Å². The zero-order valence-electron chi connectivity index (χ0n) is 12.6. The summed E-state index contributed by atoms with van der Waals surface area (Å²) in [5.74, 6) is 3.34. The Morgan fingerprint density at radius 1 is 1.27 bits per heavy atom. The van der Waals surface area contributed by atoms with Crippen molar-refractivity contribution in [1.82, 2.24) is 29.7 Å². The summed E-state index contributed by atoms with van der Waals surface area (Å²) in [6.45, 7) is 5.62. The normalized spacial score (nSPS) is 19.0. The van der Waals surface area contributed by atoms with E-state index in [4.69, 9.17) is 4.52 Å². The molecule has 3 aromatic rings. The van der Waals surface area contributed by atoms with E-state index in [0.29, 0.717) is 11.7 Å². The zero-order valence-corrected chi connectivity index (χ0v) is 12.6. The molecule has 1 fully saturated rings. The van der Waals surface area contributed by atoms with Crippen LogP contribution in [0.1, 0.15) is 36.2 Å². The zero-order chi connectivity index (χ0) is 15.1. The van der Waals surface area contributed by atoms with Crippen LogP contribution >= 0.6 is 0 Å². The fourth-order valence-electron chi connectivity index (χ4n) is 3.01.